The second-order valence-corrected chi connectivity index (χ2v) is 6.00. The number of carbonyl (C=O) groups is 2. The molecule has 1 fully saturated rings. The van der Waals surface area contributed by atoms with Crippen LogP contribution in [0.3, 0.4) is 0 Å². The summed E-state index contributed by atoms with van der Waals surface area (Å²) in [6.07, 6.45) is 5.90. The molecule has 126 valence electrons. The molecule has 0 saturated carbocycles. The summed E-state index contributed by atoms with van der Waals surface area (Å²) < 4.78 is 1.67. The second-order valence-electron chi connectivity index (χ2n) is 6.00. The summed E-state index contributed by atoms with van der Waals surface area (Å²) in [6, 6.07) is 3.00. The second kappa shape index (κ2) is 6.31. The van der Waals surface area contributed by atoms with Crippen molar-refractivity contribution >= 4 is 23.3 Å². The molecule has 8 heteroatoms. The molecule has 3 N–H and O–H groups in total. The maximum atomic E-state index is 12.8. The molecule has 2 aromatic heterocycles. The number of nitrogens with one attached hydrogen (secondary N) is 1. The molecule has 0 aliphatic carbocycles. The van der Waals surface area contributed by atoms with Gasteiger partial charge in [-0.05, 0) is 18.6 Å². The lowest BCUT2D eigenvalue weighted by atomic mass is 9.85. The van der Waals surface area contributed by atoms with Crippen LogP contribution in [0, 0.1) is 5.92 Å². The zero-order valence-electron chi connectivity index (χ0n) is 13.6. The van der Waals surface area contributed by atoms with Crippen molar-refractivity contribution in [3.8, 4) is 0 Å². The largest absolute Gasteiger partial charge is 0.384 e. The number of pyridine rings is 1. The molecule has 1 aliphatic heterocycles. The number of hydrogen-bond donors (Lipinski definition) is 2. The normalized spacial score (nSPS) is 20.9. The topological polar surface area (TPSA) is 106 Å². The molecule has 3 rings (SSSR count). The number of piperidine rings is 1. The van der Waals surface area contributed by atoms with Gasteiger partial charge >= 0.3 is 0 Å². The van der Waals surface area contributed by atoms with Crippen molar-refractivity contribution in [1.82, 2.24) is 19.7 Å². The van der Waals surface area contributed by atoms with E-state index in [0.29, 0.717) is 24.3 Å². The average Bonchev–Trinajstić information content (AvgIpc) is 2.98. The zero-order valence-corrected chi connectivity index (χ0v) is 13.6. The third-order valence-electron chi connectivity index (χ3n) is 4.32. The number of likely N-dealkylation sites (tertiary alicyclic amines) is 1. The van der Waals surface area contributed by atoms with Crippen molar-refractivity contribution < 1.29 is 9.59 Å². The van der Waals surface area contributed by atoms with Crippen LogP contribution in [0.5, 0.6) is 0 Å². The monoisotopic (exact) mass is 328 g/mol. The SMILES string of the molecule is CN1C(=O)CC[C@H](C(=O)Nc2ccc(N)nc2)[C@H]1c1cnn(C)c1. The maximum absolute atomic E-state index is 12.8. The van der Waals surface area contributed by atoms with Crippen LogP contribution in [0.1, 0.15) is 24.4 Å². The minimum absolute atomic E-state index is 0.0297. The number of rotatable bonds is 3. The van der Waals surface area contributed by atoms with E-state index in [1.165, 1.54) is 6.20 Å². The molecule has 8 nitrogen and oxygen atoms in total. The third-order valence-corrected chi connectivity index (χ3v) is 4.32. The number of hydrogen-bond acceptors (Lipinski definition) is 5. The fraction of sp³-hybridized carbons (Fsp3) is 0.375. The van der Waals surface area contributed by atoms with Gasteiger partial charge < -0.3 is 16.0 Å². The zero-order chi connectivity index (χ0) is 17.3. The molecule has 1 saturated heterocycles. The lowest BCUT2D eigenvalue weighted by Gasteiger charge is -2.37. The first-order valence-corrected chi connectivity index (χ1v) is 7.72. The van der Waals surface area contributed by atoms with Crippen LogP contribution in [-0.2, 0) is 16.6 Å². The Morgan fingerprint density at radius 2 is 2.12 bits per heavy atom. The van der Waals surface area contributed by atoms with Crippen LogP contribution >= 0.6 is 0 Å². The van der Waals surface area contributed by atoms with E-state index >= 15 is 0 Å². The van der Waals surface area contributed by atoms with Gasteiger partial charge in [0, 0.05) is 32.3 Å². The minimum atomic E-state index is -0.352. The van der Waals surface area contributed by atoms with Gasteiger partial charge in [-0.3, -0.25) is 14.3 Å². The lowest BCUT2D eigenvalue weighted by molar-refractivity contribution is -0.140. The van der Waals surface area contributed by atoms with E-state index in [-0.39, 0.29) is 23.8 Å². The van der Waals surface area contributed by atoms with Crippen LogP contribution in [0.25, 0.3) is 0 Å². The van der Waals surface area contributed by atoms with E-state index in [4.69, 9.17) is 5.73 Å². The van der Waals surface area contributed by atoms with Crippen LogP contribution in [-0.4, -0.2) is 38.5 Å². The quantitative estimate of drug-likeness (QED) is 0.872. The standard InChI is InChI=1S/C16H20N6O2/c1-21-9-10(7-19-21)15-12(4-6-14(23)22(15)2)16(24)20-11-3-5-13(17)18-8-11/h3,5,7-9,12,15H,4,6H2,1-2H3,(H2,17,18)(H,20,24)/t12-,15+/m0/s1. The molecule has 0 unspecified atom stereocenters. The number of carbonyl (C=O) groups excluding carboxylic acids is 2. The molecule has 0 radical (unpaired) electrons. The molecule has 2 amide bonds. The van der Waals surface area contributed by atoms with Gasteiger partial charge in [0.25, 0.3) is 0 Å². The Morgan fingerprint density at radius 3 is 2.75 bits per heavy atom. The Labute approximate surface area is 139 Å². The van der Waals surface area contributed by atoms with Crippen LogP contribution in [0.2, 0.25) is 0 Å². The molecule has 2 atom stereocenters. The highest BCUT2D eigenvalue weighted by Gasteiger charge is 2.39. The Bertz CT molecular complexity index is 754. The summed E-state index contributed by atoms with van der Waals surface area (Å²) in [5.41, 5.74) is 6.99. The van der Waals surface area contributed by atoms with Gasteiger partial charge in [0.15, 0.2) is 0 Å². The van der Waals surface area contributed by atoms with Crippen LogP contribution < -0.4 is 11.1 Å². The highest BCUT2D eigenvalue weighted by molar-refractivity contribution is 5.94. The van der Waals surface area contributed by atoms with E-state index in [2.05, 4.69) is 15.4 Å². The number of nitrogens with zero attached hydrogens (tertiary/aromatic N) is 4. The number of aryl methyl sites for hydroxylation is 1. The van der Waals surface area contributed by atoms with Crippen molar-refractivity contribution in [2.75, 3.05) is 18.1 Å². The van der Waals surface area contributed by atoms with E-state index in [0.717, 1.165) is 5.56 Å². The summed E-state index contributed by atoms with van der Waals surface area (Å²) >= 11 is 0. The van der Waals surface area contributed by atoms with E-state index in [1.54, 1.807) is 35.0 Å². The summed E-state index contributed by atoms with van der Waals surface area (Å²) in [5, 5.41) is 7.02. The number of amides is 2. The summed E-state index contributed by atoms with van der Waals surface area (Å²) in [6.45, 7) is 0. The van der Waals surface area contributed by atoms with Gasteiger partial charge in [0.2, 0.25) is 11.8 Å². The van der Waals surface area contributed by atoms with Crippen molar-refractivity contribution in [2.45, 2.75) is 18.9 Å². The van der Waals surface area contributed by atoms with Gasteiger partial charge in [-0.25, -0.2) is 4.98 Å². The molecule has 0 aromatic carbocycles. The van der Waals surface area contributed by atoms with Crippen molar-refractivity contribution in [3.63, 3.8) is 0 Å². The molecule has 2 aromatic rings. The molecule has 1 aliphatic rings. The summed E-state index contributed by atoms with van der Waals surface area (Å²) in [4.78, 5) is 30.5. The minimum Gasteiger partial charge on any atom is -0.384 e. The van der Waals surface area contributed by atoms with Gasteiger partial charge in [-0.1, -0.05) is 0 Å². The van der Waals surface area contributed by atoms with E-state index in [9.17, 15) is 9.59 Å². The highest BCUT2D eigenvalue weighted by Crippen LogP contribution is 2.36. The number of aromatic nitrogens is 3. The molecular formula is C16H20N6O2. The van der Waals surface area contributed by atoms with E-state index in [1.807, 2.05) is 13.2 Å². The molecule has 0 spiro atoms. The Morgan fingerprint density at radius 1 is 1.33 bits per heavy atom. The van der Waals surface area contributed by atoms with Gasteiger partial charge in [0.05, 0.1) is 30.0 Å². The first-order chi connectivity index (χ1) is 11.5. The summed E-state index contributed by atoms with van der Waals surface area (Å²) in [5.74, 6) is -0.0736. The Kier molecular flexibility index (Phi) is 4.20. The van der Waals surface area contributed by atoms with Gasteiger partial charge in [-0.2, -0.15) is 5.10 Å². The van der Waals surface area contributed by atoms with Crippen LogP contribution in [0.4, 0.5) is 11.5 Å². The van der Waals surface area contributed by atoms with Gasteiger partial charge in [-0.15, -0.1) is 0 Å². The lowest BCUT2D eigenvalue weighted by Crippen LogP contribution is -2.44. The number of nitrogens with two attached hydrogens (primary N) is 1. The van der Waals surface area contributed by atoms with E-state index < -0.39 is 0 Å². The Hall–Kier alpha value is -2.90. The molecular weight excluding hydrogens is 308 g/mol. The Balaban J connectivity index is 1.84. The molecule has 0 bridgehead atoms. The van der Waals surface area contributed by atoms with Crippen molar-refractivity contribution in [2.24, 2.45) is 13.0 Å². The average molecular weight is 328 g/mol. The fourth-order valence-electron chi connectivity index (χ4n) is 3.08. The van der Waals surface area contributed by atoms with Crippen molar-refractivity contribution in [1.29, 1.82) is 0 Å². The molecule has 24 heavy (non-hydrogen) atoms. The summed E-state index contributed by atoms with van der Waals surface area (Å²) in [7, 11) is 3.54. The van der Waals surface area contributed by atoms with Crippen LogP contribution in [0.15, 0.2) is 30.7 Å². The predicted octanol–water partition coefficient (Wildman–Crippen LogP) is 0.945. The first kappa shape index (κ1) is 16.0. The first-order valence-electron chi connectivity index (χ1n) is 7.72. The van der Waals surface area contributed by atoms with Crippen molar-refractivity contribution in [3.05, 3.63) is 36.3 Å². The molecule has 3 heterocycles. The number of nitrogen functional groups attached to an aromatic ring is 1. The highest BCUT2D eigenvalue weighted by atomic mass is 16.2. The van der Waals surface area contributed by atoms with Gasteiger partial charge in [0.1, 0.15) is 5.82 Å². The third kappa shape index (κ3) is 3.08. The number of anilines is 2. The smallest absolute Gasteiger partial charge is 0.229 e. The maximum Gasteiger partial charge on any atom is 0.229 e. The predicted molar refractivity (Wildman–Crippen MR) is 88.7 cm³/mol. The fourth-order valence-corrected chi connectivity index (χ4v) is 3.08.